The van der Waals surface area contributed by atoms with Gasteiger partial charge in [0.15, 0.2) is 0 Å². The predicted molar refractivity (Wildman–Crippen MR) is 81.6 cm³/mol. The minimum Gasteiger partial charge on any atom is -0.493 e. The Hall–Kier alpha value is -0.540. The summed E-state index contributed by atoms with van der Waals surface area (Å²) in [5.74, 6) is 2.09. The van der Waals surface area contributed by atoms with Crippen molar-refractivity contribution in [2.75, 3.05) is 13.2 Å². The van der Waals surface area contributed by atoms with E-state index in [2.05, 4.69) is 39.4 Å². The number of benzene rings is 1. The Morgan fingerprint density at radius 2 is 2.16 bits per heavy atom. The van der Waals surface area contributed by atoms with E-state index in [0.717, 1.165) is 35.7 Å². The first-order chi connectivity index (χ1) is 9.33. The third-order valence-corrected chi connectivity index (χ3v) is 4.62. The first kappa shape index (κ1) is 13.4. The molecule has 19 heavy (non-hydrogen) atoms. The Kier molecular flexibility index (Phi) is 4.44. The maximum Gasteiger partial charge on any atom is 0.125 e. The highest BCUT2D eigenvalue weighted by Gasteiger charge is 2.22. The molecule has 0 bridgehead atoms. The van der Waals surface area contributed by atoms with Gasteiger partial charge in [0.25, 0.3) is 0 Å². The van der Waals surface area contributed by atoms with Crippen molar-refractivity contribution >= 4 is 15.9 Å². The highest BCUT2D eigenvalue weighted by atomic mass is 79.9. The number of rotatable bonds is 5. The van der Waals surface area contributed by atoms with Gasteiger partial charge in [-0.1, -0.05) is 34.8 Å². The highest BCUT2D eigenvalue weighted by Crippen LogP contribution is 2.35. The minimum atomic E-state index is 0.463. The molecule has 1 aromatic carbocycles. The Bertz CT molecular complexity index is 431. The summed E-state index contributed by atoms with van der Waals surface area (Å²) in [5, 5.41) is 3.73. The molecule has 1 aliphatic carbocycles. The summed E-state index contributed by atoms with van der Waals surface area (Å²) in [4.78, 5) is 0. The van der Waals surface area contributed by atoms with E-state index in [-0.39, 0.29) is 0 Å². The summed E-state index contributed by atoms with van der Waals surface area (Å²) in [7, 11) is 0. The summed E-state index contributed by atoms with van der Waals surface area (Å²) in [6, 6.07) is 6.87. The molecular weight excluding hydrogens is 302 g/mol. The molecule has 0 saturated heterocycles. The van der Waals surface area contributed by atoms with Crippen LogP contribution in [0.4, 0.5) is 0 Å². The van der Waals surface area contributed by atoms with Crippen LogP contribution in [0.5, 0.6) is 5.75 Å². The van der Waals surface area contributed by atoms with E-state index >= 15 is 0 Å². The monoisotopic (exact) mass is 323 g/mol. The fourth-order valence-electron chi connectivity index (χ4n) is 2.83. The molecule has 0 radical (unpaired) electrons. The van der Waals surface area contributed by atoms with Crippen LogP contribution in [0.2, 0.25) is 0 Å². The second kappa shape index (κ2) is 6.27. The molecule has 2 nitrogen and oxygen atoms in total. The van der Waals surface area contributed by atoms with Crippen LogP contribution in [0.3, 0.4) is 0 Å². The van der Waals surface area contributed by atoms with Crippen LogP contribution >= 0.6 is 15.9 Å². The molecular formula is C16H22BrNO. The summed E-state index contributed by atoms with van der Waals surface area (Å²) in [6.45, 7) is 1.97. The van der Waals surface area contributed by atoms with Crippen LogP contribution in [0.25, 0.3) is 0 Å². The number of ether oxygens (including phenoxy) is 1. The number of hydrogen-bond acceptors (Lipinski definition) is 2. The average molecular weight is 324 g/mol. The van der Waals surface area contributed by atoms with Crippen LogP contribution in [-0.2, 0) is 0 Å². The lowest BCUT2D eigenvalue weighted by molar-refractivity contribution is 0.315. The van der Waals surface area contributed by atoms with Crippen LogP contribution in [-0.4, -0.2) is 13.2 Å². The van der Waals surface area contributed by atoms with Crippen molar-refractivity contribution in [2.24, 2.45) is 5.92 Å². The summed E-state index contributed by atoms with van der Waals surface area (Å²) in [5.41, 5.74) is 1.33. The standard InChI is InChI=1S/C16H22BrNO/c17-13-7-8-14-15(4-2-10-19-16(14)11-13)18-9-1-3-12-5-6-12/h7-8,11-12,15,18H,1-6,9-10H2. The fraction of sp³-hybridized carbons (Fsp3) is 0.625. The van der Waals surface area contributed by atoms with Gasteiger partial charge in [0.2, 0.25) is 0 Å². The molecule has 1 aromatic rings. The molecule has 3 heteroatoms. The summed E-state index contributed by atoms with van der Waals surface area (Å²) < 4.78 is 6.94. The van der Waals surface area contributed by atoms with E-state index in [1.165, 1.54) is 37.7 Å². The Morgan fingerprint density at radius 3 is 3.00 bits per heavy atom. The molecule has 1 atom stereocenters. The lowest BCUT2D eigenvalue weighted by Crippen LogP contribution is -2.22. The van der Waals surface area contributed by atoms with Gasteiger partial charge in [-0.2, -0.15) is 0 Å². The van der Waals surface area contributed by atoms with Crippen LogP contribution in [0.1, 0.15) is 50.1 Å². The molecule has 1 aliphatic heterocycles. The predicted octanol–water partition coefficient (Wildman–Crippen LogP) is 4.44. The zero-order valence-electron chi connectivity index (χ0n) is 11.3. The second-order valence-electron chi connectivity index (χ2n) is 5.77. The first-order valence-electron chi connectivity index (χ1n) is 7.48. The normalized spacial score (nSPS) is 22.5. The van der Waals surface area contributed by atoms with Crippen LogP contribution in [0, 0.1) is 5.92 Å². The maximum atomic E-state index is 5.84. The largest absolute Gasteiger partial charge is 0.493 e. The summed E-state index contributed by atoms with van der Waals surface area (Å²) >= 11 is 3.52. The Balaban J connectivity index is 1.60. The van der Waals surface area contributed by atoms with Gasteiger partial charge in [0.1, 0.15) is 5.75 Å². The molecule has 1 unspecified atom stereocenters. The van der Waals surface area contributed by atoms with E-state index in [1.54, 1.807) is 0 Å². The SMILES string of the molecule is Brc1ccc2c(c1)OCCCC2NCCCC1CC1. The molecule has 1 saturated carbocycles. The zero-order valence-corrected chi connectivity index (χ0v) is 12.9. The van der Waals surface area contributed by atoms with Gasteiger partial charge >= 0.3 is 0 Å². The number of hydrogen-bond donors (Lipinski definition) is 1. The van der Waals surface area contributed by atoms with Gasteiger partial charge < -0.3 is 10.1 Å². The molecule has 104 valence electrons. The number of halogens is 1. The molecule has 1 heterocycles. The second-order valence-corrected chi connectivity index (χ2v) is 6.68. The van der Waals surface area contributed by atoms with E-state index in [1.807, 2.05) is 0 Å². The molecule has 1 N–H and O–H groups in total. The van der Waals surface area contributed by atoms with Crippen LogP contribution in [0.15, 0.2) is 22.7 Å². The molecule has 0 amide bonds. The smallest absolute Gasteiger partial charge is 0.125 e. The van der Waals surface area contributed by atoms with Gasteiger partial charge in [-0.25, -0.2) is 0 Å². The van der Waals surface area contributed by atoms with Crippen molar-refractivity contribution in [3.05, 3.63) is 28.2 Å². The van der Waals surface area contributed by atoms with Crippen LogP contribution < -0.4 is 10.1 Å². The van der Waals surface area contributed by atoms with Crippen molar-refractivity contribution in [1.82, 2.24) is 5.32 Å². The van der Waals surface area contributed by atoms with Gasteiger partial charge in [0, 0.05) is 16.1 Å². The third kappa shape index (κ3) is 3.73. The average Bonchev–Trinajstić information content (AvgIpc) is 3.21. The van der Waals surface area contributed by atoms with Crippen molar-refractivity contribution < 1.29 is 4.74 Å². The zero-order chi connectivity index (χ0) is 13.1. The molecule has 2 aliphatic rings. The van der Waals surface area contributed by atoms with Crippen molar-refractivity contribution in [2.45, 2.75) is 44.6 Å². The van der Waals surface area contributed by atoms with E-state index in [0.29, 0.717) is 6.04 Å². The number of nitrogens with one attached hydrogen (secondary N) is 1. The van der Waals surface area contributed by atoms with Gasteiger partial charge in [-0.15, -0.1) is 0 Å². The highest BCUT2D eigenvalue weighted by molar-refractivity contribution is 9.10. The first-order valence-corrected chi connectivity index (χ1v) is 8.28. The van der Waals surface area contributed by atoms with Gasteiger partial charge in [-0.3, -0.25) is 0 Å². The van der Waals surface area contributed by atoms with Crippen molar-refractivity contribution in [3.8, 4) is 5.75 Å². The van der Waals surface area contributed by atoms with Crippen molar-refractivity contribution in [3.63, 3.8) is 0 Å². The quantitative estimate of drug-likeness (QED) is 0.809. The molecule has 1 fully saturated rings. The summed E-state index contributed by atoms with van der Waals surface area (Å²) in [6.07, 6.45) is 7.96. The van der Waals surface area contributed by atoms with E-state index < -0.39 is 0 Å². The van der Waals surface area contributed by atoms with Crippen molar-refractivity contribution in [1.29, 1.82) is 0 Å². The topological polar surface area (TPSA) is 21.3 Å². The maximum absolute atomic E-state index is 5.84. The van der Waals surface area contributed by atoms with Gasteiger partial charge in [0.05, 0.1) is 6.61 Å². The Labute approximate surface area is 124 Å². The molecule has 0 spiro atoms. The van der Waals surface area contributed by atoms with E-state index in [4.69, 9.17) is 4.74 Å². The van der Waals surface area contributed by atoms with E-state index in [9.17, 15) is 0 Å². The fourth-order valence-corrected chi connectivity index (χ4v) is 3.17. The number of fused-ring (bicyclic) bond motifs is 1. The lowest BCUT2D eigenvalue weighted by Gasteiger charge is -2.18. The Morgan fingerprint density at radius 1 is 1.26 bits per heavy atom. The molecule has 0 aromatic heterocycles. The van der Waals surface area contributed by atoms with Gasteiger partial charge in [-0.05, 0) is 50.3 Å². The third-order valence-electron chi connectivity index (χ3n) is 4.12. The lowest BCUT2D eigenvalue weighted by atomic mass is 10.0. The molecule has 3 rings (SSSR count). The minimum absolute atomic E-state index is 0.463.